The van der Waals surface area contributed by atoms with E-state index in [0.29, 0.717) is 6.61 Å². The first-order valence-corrected chi connectivity index (χ1v) is 11.1. The minimum Gasteiger partial charge on any atom is -0.492 e. The van der Waals surface area contributed by atoms with Gasteiger partial charge in [0.2, 0.25) is 0 Å². The first kappa shape index (κ1) is 20.1. The van der Waals surface area contributed by atoms with Gasteiger partial charge in [-0.25, -0.2) is 4.68 Å². The predicted octanol–water partition coefficient (Wildman–Crippen LogP) is 5.81. The van der Waals surface area contributed by atoms with Gasteiger partial charge in [-0.15, -0.1) is 0 Å². The molecule has 1 unspecified atom stereocenters. The normalized spacial score (nSPS) is 16.7. The first-order valence-electron chi connectivity index (χ1n) is 10.3. The summed E-state index contributed by atoms with van der Waals surface area (Å²) in [5.41, 5.74) is 3.22. The summed E-state index contributed by atoms with van der Waals surface area (Å²) < 4.78 is 14.8. The van der Waals surface area contributed by atoms with Gasteiger partial charge in [0, 0.05) is 17.3 Å². The minimum absolute atomic E-state index is 0.0108. The van der Waals surface area contributed by atoms with E-state index in [1.54, 1.807) is 6.20 Å². The van der Waals surface area contributed by atoms with Gasteiger partial charge in [-0.1, -0.05) is 28.1 Å². The quantitative estimate of drug-likeness (QED) is 0.402. The number of hydrogen-bond donors (Lipinski definition) is 0. The van der Waals surface area contributed by atoms with Crippen molar-refractivity contribution in [1.82, 2.24) is 14.8 Å². The minimum atomic E-state index is 0.0108. The zero-order valence-electron chi connectivity index (χ0n) is 16.5. The fourth-order valence-corrected chi connectivity index (χ4v) is 4.04. The van der Waals surface area contributed by atoms with Crippen molar-refractivity contribution in [3.63, 3.8) is 0 Å². The van der Waals surface area contributed by atoms with Gasteiger partial charge in [0.25, 0.3) is 0 Å². The van der Waals surface area contributed by atoms with E-state index in [-0.39, 0.29) is 6.23 Å². The molecule has 5 nitrogen and oxygen atoms in total. The lowest BCUT2D eigenvalue weighted by Gasteiger charge is -2.24. The summed E-state index contributed by atoms with van der Waals surface area (Å²) >= 11 is 3.52. The molecule has 0 aliphatic carbocycles. The van der Waals surface area contributed by atoms with Crippen molar-refractivity contribution in [1.29, 1.82) is 0 Å². The maximum atomic E-state index is 5.87. The van der Waals surface area contributed by atoms with E-state index in [1.165, 1.54) is 12.0 Å². The van der Waals surface area contributed by atoms with Crippen molar-refractivity contribution in [2.75, 3.05) is 13.2 Å². The standard InChI is InChI=1S/C23H26BrN3O2/c24-19-8-5-7-18(16-19)6-1-3-14-28-20-10-11-21(25-17-20)22-12-13-26-27(22)23-9-2-4-15-29-23/h5,7-8,10-13,16-17,23H,1-4,6,9,14-15H2. The number of nitrogens with zero attached hydrogens (tertiary/aromatic N) is 3. The highest BCUT2D eigenvalue weighted by molar-refractivity contribution is 9.10. The molecule has 0 amide bonds. The summed E-state index contributed by atoms with van der Waals surface area (Å²) in [6.07, 6.45) is 10.1. The number of benzene rings is 1. The van der Waals surface area contributed by atoms with Crippen LogP contribution in [0.25, 0.3) is 11.4 Å². The molecule has 2 aromatic heterocycles. The molecule has 1 fully saturated rings. The van der Waals surface area contributed by atoms with Crippen LogP contribution >= 0.6 is 15.9 Å². The van der Waals surface area contributed by atoms with E-state index in [0.717, 1.165) is 60.3 Å². The summed E-state index contributed by atoms with van der Waals surface area (Å²) in [5, 5.41) is 4.46. The van der Waals surface area contributed by atoms with Gasteiger partial charge in [-0.3, -0.25) is 4.98 Å². The number of halogens is 1. The molecule has 0 N–H and O–H groups in total. The largest absolute Gasteiger partial charge is 0.492 e. The van der Waals surface area contributed by atoms with Gasteiger partial charge < -0.3 is 9.47 Å². The molecule has 152 valence electrons. The van der Waals surface area contributed by atoms with E-state index in [1.807, 2.05) is 29.1 Å². The molecular weight excluding hydrogens is 430 g/mol. The topological polar surface area (TPSA) is 49.2 Å². The third-order valence-electron chi connectivity index (χ3n) is 5.12. The lowest BCUT2D eigenvalue weighted by Crippen LogP contribution is -2.20. The highest BCUT2D eigenvalue weighted by atomic mass is 79.9. The van der Waals surface area contributed by atoms with Gasteiger partial charge >= 0.3 is 0 Å². The van der Waals surface area contributed by atoms with Crippen LogP contribution in [-0.2, 0) is 11.2 Å². The molecule has 4 rings (SSSR count). The summed E-state index contributed by atoms with van der Waals surface area (Å²) in [6, 6.07) is 14.4. The Kier molecular flexibility index (Phi) is 6.96. The zero-order chi connectivity index (χ0) is 19.9. The summed E-state index contributed by atoms with van der Waals surface area (Å²) in [4.78, 5) is 4.59. The van der Waals surface area contributed by atoms with E-state index in [4.69, 9.17) is 9.47 Å². The second kappa shape index (κ2) is 10.0. The van der Waals surface area contributed by atoms with Crippen molar-refractivity contribution in [2.24, 2.45) is 0 Å². The number of hydrogen-bond acceptors (Lipinski definition) is 4. The predicted molar refractivity (Wildman–Crippen MR) is 117 cm³/mol. The molecular formula is C23H26BrN3O2. The van der Waals surface area contributed by atoms with Crippen LogP contribution in [0, 0.1) is 0 Å². The fraction of sp³-hybridized carbons (Fsp3) is 0.391. The maximum absolute atomic E-state index is 5.87. The smallest absolute Gasteiger partial charge is 0.150 e. The molecule has 0 bridgehead atoms. The molecule has 0 spiro atoms. The lowest BCUT2D eigenvalue weighted by atomic mass is 10.1. The van der Waals surface area contributed by atoms with Gasteiger partial charge in [-0.2, -0.15) is 5.10 Å². The summed E-state index contributed by atoms with van der Waals surface area (Å²) in [5.74, 6) is 0.802. The molecule has 29 heavy (non-hydrogen) atoms. The summed E-state index contributed by atoms with van der Waals surface area (Å²) in [6.45, 7) is 1.49. The Morgan fingerprint density at radius 3 is 2.90 bits per heavy atom. The van der Waals surface area contributed by atoms with Gasteiger partial charge in [0.15, 0.2) is 6.23 Å². The Hall–Kier alpha value is -2.18. The molecule has 3 aromatic rings. The maximum Gasteiger partial charge on any atom is 0.150 e. The van der Waals surface area contributed by atoms with E-state index >= 15 is 0 Å². The third kappa shape index (κ3) is 5.46. The molecule has 3 heterocycles. The second-order valence-corrected chi connectivity index (χ2v) is 8.21. The lowest BCUT2D eigenvalue weighted by molar-refractivity contribution is -0.0384. The van der Waals surface area contributed by atoms with E-state index in [2.05, 4.69) is 50.3 Å². The molecule has 1 atom stereocenters. The molecule has 1 aromatic carbocycles. The molecule has 1 saturated heterocycles. The Labute approximate surface area is 180 Å². The zero-order valence-corrected chi connectivity index (χ0v) is 18.1. The van der Waals surface area contributed by atoms with Crippen LogP contribution in [0.2, 0.25) is 0 Å². The van der Waals surface area contributed by atoms with Crippen molar-refractivity contribution in [2.45, 2.75) is 44.8 Å². The molecule has 6 heteroatoms. The average molecular weight is 456 g/mol. The van der Waals surface area contributed by atoms with Crippen molar-refractivity contribution < 1.29 is 9.47 Å². The molecule has 0 saturated carbocycles. The van der Waals surface area contributed by atoms with E-state index < -0.39 is 0 Å². The number of unbranched alkanes of at least 4 members (excludes halogenated alkanes) is 1. The van der Waals surface area contributed by atoms with Crippen LogP contribution in [0.15, 0.2) is 59.3 Å². The Balaban J connectivity index is 1.27. The second-order valence-electron chi connectivity index (χ2n) is 7.30. The van der Waals surface area contributed by atoms with Crippen LogP contribution in [0.4, 0.5) is 0 Å². The Morgan fingerprint density at radius 1 is 1.14 bits per heavy atom. The fourth-order valence-electron chi connectivity index (χ4n) is 3.59. The monoisotopic (exact) mass is 455 g/mol. The van der Waals surface area contributed by atoms with Crippen LogP contribution in [0.5, 0.6) is 5.75 Å². The molecule has 1 aliphatic heterocycles. The van der Waals surface area contributed by atoms with Gasteiger partial charge in [0.05, 0.1) is 24.2 Å². The van der Waals surface area contributed by atoms with Crippen LogP contribution in [0.1, 0.15) is 43.9 Å². The van der Waals surface area contributed by atoms with Crippen LogP contribution in [0.3, 0.4) is 0 Å². The van der Waals surface area contributed by atoms with Gasteiger partial charge in [0.1, 0.15) is 5.75 Å². The van der Waals surface area contributed by atoms with E-state index in [9.17, 15) is 0 Å². The third-order valence-corrected chi connectivity index (χ3v) is 5.61. The number of rotatable bonds is 8. The molecule has 0 radical (unpaired) electrons. The van der Waals surface area contributed by atoms with Crippen LogP contribution in [-0.4, -0.2) is 28.0 Å². The molecule has 1 aliphatic rings. The number of ether oxygens (including phenoxy) is 2. The number of aryl methyl sites for hydroxylation is 1. The Morgan fingerprint density at radius 2 is 2.10 bits per heavy atom. The number of pyridine rings is 1. The van der Waals surface area contributed by atoms with Gasteiger partial charge in [-0.05, 0) is 74.4 Å². The highest BCUT2D eigenvalue weighted by Crippen LogP contribution is 2.28. The van der Waals surface area contributed by atoms with Crippen molar-refractivity contribution >= 4 is 15.9 Å². The first-order chi connectivity index (χ1) is 14.3. The van der Waals surface area contributed by atoms with Crippen LogP contribution < -0.4 is 4.74 Å². The number of aromatic nitrogens is 3. The van der Waals surface area contributed by atoms with Crippen molar-refractivity contribution in [3.05, 3.63) is 64.9 Å². The highest BCUT2D eigenvalue weighted by Gasteiger charge is 2.19. The SMILES string of the molecule is Brc1cccc(CCCCOc2ccc(-c3ccnn3C3CCCCO3)nc2)c1. The summed E-state index contributed by atoms with van der Waals surface area (Å²) in [7, 11) is 0. The Bertz CT molecular complexity index is 904. The van der Waals surface area contributed by atoms with Crippen molar-refractivity contribution in [3.8, 4) is 17.1 Å². The average Bonchev–Trinajstić information content (AvgIpc) is 3.25.